The summed E-state index contributed by atoms with van der Waals surface area (Å²) in [4.78, 5) is 81.5. The van der Waals surface area contributed by atoms with E-state index in [0.717, 1.165) is 124 Å². The van der Waals surface area contributed by atoms with Crippen LogP contribution in [0.5, 0.6) is 0 Å². The summed E-state index contributed by atoms with van der Waals surface area (Å²) in [6, 6.07) is 14.4. The first-order valence-electron chi connectivity index (χ1n) is 20.2. The third-order valence-corrected chi connectivity index (χ3v) is 14.7. The molecule has 0 radical (unpaired) electrons. The van der Waals surface area contributed by atoms with Crippen molar-refractivity contribution in [2.24, 2.45) is 11.3 Å². The number of hydrogen-bond acceptors (Lipinski definition) is 10. The maximum absolute atomic E-state index is 13.6. The number of rotatable bonds is 7. The van der Waals surface area contributed by atoms with Gasteiger partial charge in [0.25, 0.3) is 17.7 Å². The number of Topliss-reactive ketones (excluding diaryl/α,β-unsaturated/α-hetero) is 2. The molecule has 14 heteroatoms. The van der Waals surface area contributed by atoms with Gasteiger partial charge in [0.05, 0.1) is 40.0 Å². The van der Waals surface area contributed by atoms with E-state index >= 15 is 0 Å². The Morgan fingerprint density at radius 3 is 2.30 bits per heavy atom. The third-order valence-electron chi connectivity index (χ3n) is 13.3. The molecular weight excluding hydrogens is 762 g/mol. The normalized spacial score (nSPS) is 23.9. The second-order valence-corrected chi connectivity index (χ2v) is 18.2. The van der Waals surface area contributed by atoms with Crippen molar-refractivity contribution in [2.75, 3.05) is 86.7 Å². The summed E-state index contributed by atoms with van der Waals surface area (Å²) < 4.78 is 0. The van der Waals surface area contributed by atoms with Crippen molar-refractivity contribution in [3.05, 3.63) is 81.0 Å². The van der Waals surface area contributed by atoms with Crippen LogP contribution in [0.1, 0.15) is 75.3 Å². The Hall–Kier alpha value is -4.77. The number of amides is 3. The number of imide groups is 1. The van der Waals surface area contributed by atoms with E-state index in [4.69, 9.17) is 18.2 Å². The highest BCUT2D eigenvalue weighted by atomic mass is 35.5. The van der Waals surface area contributed by atoms with Crippen LogP contribution in [0.15, 0.2) is 48.5 Å². The highest BCUT2D eigenvalue weighted by Crippen LogP contribution is 2.43. The molecule has 0 bridgehead atoms. The lowest BCUT2D eigenvalue weighted by Crippen LogP contribution is -2.47. The molecule has 2 aromatic carbocycles. The lowest BCUT2D eigenvalue weighted by atomic mass is 9.77. The Labute approximate surface area is 341 Å². The number of benzene rings is 2. The van der Waals surface area contributed by atoms with Crippen LogP contribution in [0.25, 0.3) is 4.85 Å². The minimum Gasteiger partial charge on any atom is -0.371 e. The Morgan fingerprint density at radius 1 is 0.807 bits per heavy atom. The molecule has 1 aliphatic carbocycles. The van der Waals surface area contributed by atoms with Gasteiger partial charge in [-0.15, -0.1) is 11.3 Å². The summed E-state index contributed by atoms with van der Waals surface area (Å²) >= 11 is 7.94. The van der Waals surface area contributed by atoms with E-state index in [1.54, 1.807) is 29.5 Å². The zero-order valence-electron chi connectivity index (χ0n) is 32.0. The van der Waals surface area contributed by atoms with Crippen LogP contribution in [0.4, 0.5) is 22.1 Å². The van der Waals surface area contributed by atoms with Gasteiger partial charge in [0.2, 0.25) is 5.69 Å². The van der Waals surface area contributed by atoms with Crippen molar-refractivity contribution < 1.29 is 24.0 Å². The average molecular weight is 808 g/mol. The number of anilines is 3. The van der Waals surface area contributed by atoms with Gasteiger partial charge in [-0.25, -0.2) is 4.85 Å². The summed E-state index contributed by atoms with van der Waals surface area (Å²) in [5.41, 5.74) is 3.33. The minimum absolute atomic E-state index is 0.135. The van der Waals surface area contributed by atoms with E-state index in [9.17, 15) is 24.0 Å². The van der Waals surface area contributed by atoms with Crippen LogP contribution in [0.2, 0.25) is 5.02 Å². The molecule has 12 nitrogen and oxygen atoms in total. The molecule has 57 heavy (non-hydrogen) atoms. The number of hydrogen-bond donors (Lipinski definition) is 0. The highest BCUT2D eigenvalue weighted by molar-refractivity contribution is 7.18. The molecule has 3 aromatic rings. The number of ketones is 2. The fraction of sp³-hybridized carbons (Fsp3) is 0.488. The average Bonchev–Trinajstić information content (AvgIpc) is 4.03. The van der Waals surface area contributed by atoms with Crippen LogP contribution in [0, 0.1) is 17.9 Å². The second-order valence-electron chi connectivity index (χ2n) is 16.7. The zero-order valence-corrected chi connectivity index (χ0v) is 33.5. The number of piperazine rings is 1. The molecule has 6 heterocycles. The van der Waals surface area contributed by atoms with Crippen molar-refractivity contribution in [1.29, 1.82) is 0 Å². The molecule has 6 aliphatic rings. The van der Waals surface area contributed by atoms with Gasteiger partial charge in [0.1, 0.15) is 5.78 Å². The Balaban J connectivity index is 0.734. The lowest BCUT2D eigenvalue weighted by Gasteiger charge is -2.39. The van der Waals surface area contributed by atoms with Crippen molar-refractivity contribution in [2.45, 2.75) is 51.0 Å². The van der Waals surface area contributed by atoms with Crippen LogP contribution in [0.3, 0.4) is 0 Å². The molecule has 5 aliphatic heterocycles. The first kappa shape index (κ1) is 37.8. The van der Waals surface area contributed by atoms with E-state index in [-0.39, 0.29) is 42.2 Å². The summed E-state index contributed by atoms with van der Waals surface area (Å²) in [6.45, 7) is 17.2. The van der Waals surface area contributed by atoms with Gasteiger partial charge in [-0.1, -0.05) is 17.7 Å². The standard InChI is InChI=1S/C43H46ClN7O5S/c1-45-35-6-3-30(23-34(35)44)50-17-13-43(27-50)11-15-48(16-12-43)42(56)38-8-9-39(57-38)47-20-18-46(19-21-47)25-28-10-14-49(26-28)29-2-5-32-33(22-29)41(55)51(40(32)54)36-7-4-31(52)24-37(36)53/h2-3,5-6,8-9,22-23,28,36H,4,7,10-21,24-27H2/t28-,36?/m1/s1. The van der Waals surface area contributed by atoms with Crippen LogP contribution >= 0.6 is 22.9 Å². The van der Waals surface area contributed by atoms with E-state index in [0.29, 0.717) is 27.8 Å². The molecule has 1 aromatic heterocycles. The highest BCUT2D eigenvalue weighted by Gasteiger charge is 2.45. The van der Waals surface area contributed by atoms with Gasteiger partial charge in [-0.2, -0.15) is 0 Å². The maximum Gasteiger partial charge on any atom is 0.263 e. The molecule has 0 N–H and O–H groups in total. The predicted molar refractivity (Wildman–Crippen MR) is 220 cm³/mol. The molecule has 2 atom stereocenters. The number of halogens is 1. The molecule has 1 unspecified atom stereocenters. The smallest absolute Gasteiger partial charge is 0.263 e. The maximum atomic E-state index is 13.6. The Bertz CT molecular complexity index is 2180. The Morgan fingerprint density at radius 2 is 1.54 bits per heavy atom. The summed E-state index contributed by atoms with van der Waals surface area (Å²) in [5.74, 6) is -0.762. The molecular formula is C43H46ClN7O5S. The van der Waals surface area contributed by atoms with Gasteiger partial charge in [-0.05, 0) is 85.9 Å². The fourth-order valence-corrected chi connectivity index (χ4v) is 11.1. The molecule has 9 rings (SSSR count). The molecule has 4 saturated heterocycles. The summed E-state index contributed by atoms with van der Waals surface area (Å²) in [7, 11) is 0. The quantitative estimate of drug-likeness (QED) is 0.161. The van der Waals surface area contributed by atoms with Crippen molar-refractivity contribution in [3.63, 3.8) is 0 Å². The van der Waals surface area contributed by atoms with Gasteiger partial charge >= 0.3 is 0 Å². The summed E-state index contributed by atoms with van der Waals surface area (Å²) in [6.07, 6.45) is 4.31. The summed E-state index contributed by atoms with van der Waals surface area (Å²) in [5, 5.41) is 1.65. The van der Waals surface area contributed by atoms with Gasteiger partial charge in [0.15, 0.2) is 5.78 Å². The number of carbonyl (C=O) groups excluding carboxylic acids is 5. The first-order valence-corrected chi connectivity index (χ1v) is 21.4. The van der Waals surface area contributed by atoms with Crippen molar-refractivity contribution in [1.82, 2.24) is 14.7 Å². The SMILES string of the molecule is [C-]#[N+]c1ccc(N2CCC3(CCN(C(=O)c4ccc(N5CCN(C[C@H]6CCN(c7ccc8c(c7)C(=O)N(C7CCC(=O)CC7=O)C8=O)C6)CC5)s4)CC3)C2)cc1Cl. The number of likely N-dealkylation sites (tertiary alicyclic amines) is 1. The van der Waals surface area contributed by atoms with Crippen molar-refractivity contribution in [3.8, 4) is 0 Å². The number of piperidine rings is 1. The third kappa shape index (κ3) is 7.21. The molecule has 5 fully saturated rings. The van der Waals surface area contributed by atoms with Gasteiger partial charge in [-0.3, -0.25) is 33.8 Å². The lowest BCUT2D eigenvalue weighted by molar-refractivity contribution is -0.132. The second kappa shape index (κ2) is 15.2. The van der Waals surface area contributed by atoms with Gasteiger partial charge < -0.3 is 19.6 Å². The van der Waals surface area contributed by atoms with E-state index < -0.39 is 17.9 Å². The van der Waals surface area contributed by atoms with E-state index in [1.165, 1.54) is 0 Å². The largest absolute Gasteiger partial charge is 0.371 e. The number of thiophene rings is 1. The zero-order chi connectivity index (χ0) is 39.4. The number of carbonyl (C=O) groups is 5. The minimum atomic E-state index is -0.859. The topological polar surface area (TPSA) is 109 Å². The monoisotopic (exact) mass is 807 g/mol. The van der Waals surface area contributed by atoms with Crippen LogP contribution < -0.4 is 14.7 Å². The van der Waals surface area contributed by atoms with Crippen molar-refractivity contribution >= 4 is 74.3 Å². The fourth-order valence-electron chi connectivity index (χ4n) is 9.89. The molecule has 1 spiro atoms. The van der Waals surface area contributed by atoms with E-state index in [2.05, 4.69) is 30.5 Å². The van der Waals surface area contributed by atoms with Gasteiger partial charge in [0, 0.05) is 94.8 Å². The molecule has 1 saturated carbocycles. The number of nitrogens with zero attached hydrogens (tertiary/aromatic N) is 7. The Kier molecular flexibility index (Phi) is 10.1. The first-order chi connectivity index (χ1) is 27.6. The van der Waals surface area contributed by atoms with Crippen LogP contribution in [-0.4, -0.2) is 122 Å². The predicted octanol–water partition coefficient (Wildman–Crippen LogP) is 6.02. The molecule has 296 valence electrons. The van der Waals surface area contributed by atoms with Crippen LogP contribution in [-0.2, 0) is 9.59 Å². The molecule has 3 amide bonds. The number of fused-ring (bicyclic) bond motifs is 1. The van der Waals surface area contributed by atoms with E-state index in [1.807, 2.05) is 29.2 Å².